The predicted molar refractivity (Wildman–Crippen MR) is 84.0 cm³/mol. The molecule has 2 aromatic rings. The van der Waals surface area contributed by atoms with Crippen molar-refractivity contribution < 1.29 is 14.6 Å². The monoisotopic (exact) mass is 313 g/mol. The Balaban J connectivity index is 1.69. The molecule has 1 aromatic heterocycles. The molecule has 1 N–H and O–H groups in total. The lowest BCUT2D eigenvalue weighted by molar-refractivity contribution is -0.0900. The maximum Gasteiger partial charge on any atom is 0.291 e. The lowest BCUT2D eigenvalue weighted by Gasteiger charge is -2.42. The fraction of sp³-hybridized carbons (Fsp3) is 0.353. The summed E-state index contributed by atoms with van der Waals surface area (Å²) in [6.07, 6.45) is 3.24. The SMILES string of the molecule is C[C@]1(O)CN(C(=O)c2ncccn2)CC[C@@H]1Oc1ccccc1. The number of piperidine rings is 1. The molecule has 0 unspecified atom stereocenters. The van der Waals surface area contributed by atoms with Crippen molar-refractivity contribution in [1.82, 2.24) is 14.9 Å². The van der Waals surface area contributed by atoms with E-state index in [4.69, 9.17) is 4.74 Å². The van der Waals surface area contributed by atoms with E-state index in [0.717, 1.165) is 0 Å². The van der Waals surface area contributed by atoms with Gasteiger partial charge in [-0.2, -0.15) is 0 Å². The molecule has 1 fully saturated rings. The molecule has 0 spiro atoms. The number of carbonyl (C=O) groups excluding carboxylic acids is 1. The molecule has 0 saturated carbocycles. The fourth-order valence-corrected chi connectivity index (χ4v) is 2.72. The number of likely N-dealkylation sites (tertiary alicyclic amines) is 1. The Bertz CT molecular complexity index is 661. The van der Waals surface area contributed by atoms with Crippen LogP contribution in [0.3, 0.4) is 0 Å². The van der Waals surface area contributed by atoms with Crippen molar-refractivity contribution in [3.8, 4) is 5.75 Å². The molecule has 1 aliphatic rings. The zero-order valence-corrected chi connectivity index (χ0v) is 12.9. The molecule has 6 heteroatoms. The summed E-state index contributed by atoms with van der Waals surface area (Å²) >= 11 is 0. The second kappa shape index (κ2) is 6.34. The molecule has 2 atom stereocenters. The second-order valence-corrected chi connectivity index (χ2v) is 5.86. The number of hydrogen-bond donors (Lipinski definition) is 1. The third-order valence-corrected chi connectivity index (χ3v) is 3.93. The standard InChI is InChI=1S/C17H19N3O3/c1-17(22)12-20(16(21)15-18-9-5-10-19-15)11-8-14(17)23-13-6-3-2-4-7-13/h2-7,9-10,14,22H,8,11-12H2,1H3/t14-,17-/m0/s1. The number of nitrogens with zero attached hydrogens (tertiary/aromatic N) is 3. The number of aliphatic hydroxyl groups is 1. The third-order valence-electron chi connectivity index (χ3n) is 3.93. The number of hydrogen-bond acceptors (Lipinski definition) is 5. The zero-order chi connectivity index (χ0) is 16.3. The van der Waals surface area contributed by atoms with E-state index in [0.29, 0.717) is 18.7 Å². The van der Waals surface area contributed by atoms with E-state index in [9.17, 15) is 9.90 Å². The minimum absolute atomic E-state index is 0.144. The van der Waals surface area contributed by atoms with E-state index >= 15 is 0 Å². The zero-order valence-electron chi connectivity index (χ0n) is 12.9. The first-order valence-corrected chi connectivity index (χ1v) is 7.57. The van der Waals surface area contributed by atoms with Crippen molar-refractivity contribution in [2.24, 2.45) is 0 Å². The van der Waals surface area contributed by atoms with Crippen LogP contribution in [-0.2, 0) is 0 Å². The van der Waals surface area contributed by atoms with E-state index in [1.807, 2.05) is 30.3 Å². The Morgan fingerprint density at radius 2 is 1.96 bits per heavy atom. The van der Waals surface area contributed by atoms with Gasteiger partial charge in [0.05, 0.1) is 6.54 Å². The molecule has 1 amide bonds. The first-order valence-electron chi connectivity index (χ1n) is 7.57. The number of ether oxygens (including phenoxy) is 1. The highest BCUT2D eigenvalue weighted by atomic mass is 16.5. The van der Waals surface area contributed by atoms with E-state index in [2.05, 4.69) is 9.97 Å². The molecule has 0 radical (unpaired) electrons. The van der Waals surface area contributed by atoms with Crippen LogP contribution in [0, 0.1) is 0 Å². The molecular weight excluding hydrogens is 294 g/mol. The number of amides is 1. The highest BCUT2D eigenvalue weighted by molar-refractivity contribution is 5.90. The van der Waals surface area contributed by atoms with Gasteiger partial charge in [0.25, 0.3) is 5.91 Å². The van der Waals surface area contributed by atoms with Gasteiger partial charge in [0.2, 0.25) is 5.82 Å². The average Bonchev–Trinajstić information content (AvgIpc) is 2.57. The summed E-state index contributed by atoms with van der Waals surface area (Å²) in [5.41, 5.74) is -1.14. The van der Waals surface area contributed by atoms with Crippen LogP contribution in [0.1, 0.15) is 24.0 Å². The van der Waals surface area contributed by atoms with Crippen LogP contribution < -0.4 is 4.74 Å². The average molecular weight is 313 g/mol. The number of β-amino-alcohol motifs (C(OH)–C–C–N with tert-alkyl or cyclic N) is 1. The Labute approximate surface area is 134 Å². The van der Waals surface area contributed by atoms with Crippen LogP contribution in [0.5, 0.6) is 5.75 Å². The molecule has 3 rings (SSSR count). The Morgan fingerprint density at radius 1 is 1.26 bits per heavy atom. The first kappa shape index (κ1) is 15.4. The minimum Gasteiger partial charge on any atom is -0.487 e. The molecule has 120 valence electrons. The van der Waals surface area contributed by atoms with E-state index < -0.39 is 5.60 Å². The molecule has 0 bridgehead atoms. The second-order valence-electron chi connectivity index (χ2n) is 5.86. The molecule has 1 aromatic carbocycles. The van der Waals surface area contributed by atoms with Crippen LogP contribution >= 0.6 is 0 Å². The van der Waals surface area contributed by atoms with Crippen LogP contribution in [-0.4, -0.2) is 50.7 Å². The predicted octanol–water partition coefficient (Wildman–Crippen LogP) is 1.52. The topological polar surface area (TPSA) is 75.5 Å². The summed E-state index contributed by atoms with van der Waals surface area (Å²) in [6.45, 7) is 2.36. The molecule has 23 heavy (non-hydrogen) atoms. The Kier molecular flexibility index (Phi) is 4.25. The van der Waals surface area contributed by atoms with Crippen molar-refractivity contribution >= 4 is 5.91 Å². The number of carbonyl (C=O) groups is 1. The Morgan fingerprint density at radius 3 is 2.61 bits per heavy atom. The lowest BCUT2D eigenvalue weighted by atomic mass is 9.91. The largest absolute Gasteiger partial charge is 0.487 e. The van der Waals surface area contributed by atoms with Crippen molar-refractivity contribution in [3.63, 3.8) is 0 Å². The van der Waals surface area contributed by atoms with Gasteiger partial charge in [0, 0.05) is 25.4 Å². The first-order chi connectivity index (χ1) is 11.1. The fourth-order valence-electron chi connectivity index (χ4n) is 2.72. The molecule has 1 saturated heterocycles. The molecule has 0 aliphatic carbocycles. The van der Waals surface area contributed by atoms with Gasteiger partial charge in [-0.1, -0.05) is 18.2 Å². The summed E-state index contributed by atoms with van der Waals surface area (Å²) in [5.74, 6) is 0.582. The lowest BCUT2D eigenvalue weighted by Crippen LogP contribution is -2.58. The van der Waals surface area contributed by atoms with Gasteiger partial charge in [0.15, 0.2) is 0 Å². The maximum atomic E-state index is 12.4. The maximum absolute atomic E-state index is 12.4. The van der Waals surface area contributed by atoms with Crippen molar-refractivity contribution in [3.05, 3.63) is 54.6 Å². The van der Waals surface area contributed by atoms with E-state index in [1.54, 1.807) is 17.9 Å². The number of benzene rings is 1. The summed E-state index contributed by atoms with van der Waals surface area (Å²) in [4.78, 5) is 21.9. The smallest absolute Gasteiger partial charge is 0.291 e. The highest BCUT2D eigenvalue weighted by Crippen LogP contribution is 2.26. The molecule has 2 heterocycles. The van der Waals surface area contributed by atoms with E-state index in [1.165, 1.54) is 12.4 Å². The summed E-state index contributed by atoms with van der Waals surface area (Å²) in [6, 6.07) is 11.0. The van der Waals surface area contributed by atoms with Crippen LogP contribution in [0.4, 0.5) is 0 Å². The van der Waals surface area contributed by atoms with Crippen LogP contribution in [0.15, 0.2) is 48.8 Å². The van der Waals surface area contributed by atoms with E-state index in [-0.39, 0.29) is 24.4 Å². The number of para-hydroxylation sites is 1. The normalized spacial score (nSPS) is 24.3. The van der Waals surface area contributed by atoms with Gasteiger partial charge in [-0.3, -0.25) is 4.79 Å². The van der Waals surface area contributed by atoms with Crippen molar-refractivity contribution in [1.29, 1.82) is 0 Å². The third kappa shape index (κ3) is 3.48. The number of rotatable bonds is 3. The molecule has 1 aliphatic heterocycles. The van der Waals surface area contributed by atoms with Gasteiger partial charge < -0.3 is 14.7 Å². The number of aromatic nitrogens is 2. The van der Waals surface area contributed by atoms with Crippen molar-refractivity contribution in [2.45, 2.75) is 25.0 Å². The molecule has 6 nitrogen and oxygen atoms in total. The minimum atomic E-state index is -1.14. The van der Waals surface area contributed by atoms with Crippen LogP contribution in [0.2, 0.25) is 0 Å². The van der Waals surface area contributed by atoms with Gasteiger partial charge in [-0.05, 0) is 25.1 Å². The molecular formula is C17H19N3O3. The highest BCUT2D eigenvalue weighted by Gasteiger charge is 2.41. The van der Waals surface area contributed by atoms with Crippen LogP contribution in [0.25, 0.3) is 0 Å². The van der Waals surface area contributed by atoms with Gasteiger partial charge in [-0.15, -0.1) is 0 Å². The van der Waals surface area contributed by atoms with Crippen molar-refractivity contribution in [2.75, 3.05) is 13.1 Å². The van der Waals surface area contributed by atoms with Gasteiger partial charge >= 0.3 is 0 Å². The van der Waals surface area contributed by atoms with Gasteiger partial charge in [-0.25, -0.2) is 9.97 Å². The summed E-state index contributed by atoms with van der Waals surface area (Å²) < 4.78 is 5.89. The Hall–Kier alpha value is -2.47. The van der Waals surface area contributed by atoms with Gasteiger partial charge in [0.1, 0.15) is 17.5 Å². The summed E-state index contributed by atoms with van der Waals surface area (Å²) in [7, 11) is 0. The quantitative estimate of drug-likeness (QED) is 0.930. The summed E-state index contributed by atoms with van der Waals surface area (Å²) in [5, 5.41) is 10.7.